The molecule has 0 radical (unpaired) electrons. The Morgan fingerprint density at radius 2 is 1.94 bits per heavy atom. The molecule has 0 aliphatic heterocycles. The largest absolute Gasteiger partial charge is 0.374 e. The molecule has 0 saturated carbocycles. The molecule has 1 heterocycles. The predicted octanol–water partition coefficient (Wildman–Crippen LogP) is 3.94. The molecule has 18 heavy (non-hydrogen) atoms. The van der Waals surface area contributed by atoms with Crippen LogP contribution in [0.15, 0.2) is 30.3 Å². The Morgan fingerprint density at radius 3 is 2.61 bits per heavy atom. The molecule has 0 aliphatic carbocycles. The number of halogens is 2. The highest BCUT2D eigenvalue weighted by atomic mass is 127. The first kappa shape index (κ1) is 13.7. The van der Waals surface area contributed by atoms with Crippen molar-refractivity contribution in [3.63, 3.8) is 0 Å². The molecule has 0 saturated heterocycles. The zero-order chi connectivity index (χ0) is 13.0. The Morgan fingerprint density at radius 1 is 1.22 bits per heavy atom. The molecule has 3 nitrogen and oxygen atoms in total. The Hall–Kier alpha value is -0.720. The zero-order valence-electron chi connectivity index (χ0n) is 9.86. The minimum atomic E-state index is 0.382. The first-order chi connectivity index (χ1) is 8.72. The third kappa shape index (κ3) is 3.18. The van der Waals surface area contributed by atoms with Crippen molar-refractivity contribution in [3.05, 3.63) is 44.9 Å². The van der Waals surface area contributed by atoms with E-state index in [1.54, 1.807) is 0 Å². The summed E-state index contributed by atoms with van der Waals surface area (Å²) in [4.78, 5) is 8.73. The molecule has 5 heteroatoms. The molecule has 0 spiro atoms. The van der Waals surface area contributed by atoms with Crippen LogP contribution in [0.4, 0.5) is 0 Å². The van der Waals surface area contributed by atoms with E-state index >= 15 is 0 Å². The number of benzene rings is 1. The minimum absolute atomic E-state index is 0.382. The minimum Gasteiger partial charge on any atom is -0.374 e. The van der Waals surface area contributed by atoms with Crippen molar-refractivity contribution in [2.45, 2.75) is 13.5 Å². The number of hydrogen-bond donors (Lipinski definition) is 0. The van der Waals surface area contributed by atoms with E-state index in [1.807, 2.05) is 37.3 Å². The smallest absolute Gasteiger partial charge is 0.156 e. The lowest BCUT2D eigenvalue weighted by Gasteiger charge is -2.08. The summed E-state index contributed by atoms with van der Waals surface area (Å²) >= 11 is 8.30. The van der Waals surface area contributed by atoms with Crippen molar-refractivity contribution in [2.24, 2.45) is 0 Å². The molecule has 1 aromatic heterocycles. The summed E-state index contributed by atoms with van der Waals surface area (Å²) in [6, 6.07) is 9.93. The number of hydrogen-bond acceptors (Lipinski definition) is 3. The first-order valence-electron chi connectivity index (χ1n) is 5.57. The second kappa shape index (κ2) is 6.45. The van der Waals surface area contributed by atoms with Gasteiger partial charge in [0.05, 0.1) is 9.26 Å². The van der Waals surface area contributed by atoms with Gasteiger partial charge >= 0.3 is 0 Å². The van der Waals surface area contributed by atoms with Gasteiger partial charge in [-0.3, -0.25) is 0 Å². The van der Waals surface area contributed by atoms with Gasteiger partial charge in [-0.25, -0.2) is 9.97 Å². The highest BCUT2D eigenvalue weighted by molar-refractivity contribution is 14.1. The maximum atomic E-state index is 6.13. The topological polar surface area (TPSA) is 35.0 Å². The molecule has 0 bridgehead atoms. The molecule has 0 atom stereocenters. The Labute approximate surface area is 125 Å². The van der Waals surface area contributed by atoms with Gasteiger partial charge in [-0.15, -0.1) is 0 Å². The molecule has 0 aliphatic rings. The van der Waals surface area contributed by atoms with Crippen LogP contribution < -0.4 is 0 Å². The lowest BCUT2D eigenvalue weighted by atomic mass is 10.1. The fourth-order valence-corrected chi connectivity index (χ4v) is 2.25. The third-order valence-electron chi connectivity index (χ3n) is 2.34. The molecule has 0 unspecified atom stereocenters. The summed E-state index contributed by atoms with van der Waals surface area (Å²) in [5.41, 5.74) is 1.88. The van der Waals surface area contributed by atoms with Crippen LogP contribution in [0.5, 0.6) is 0 Å². The van der Waals surface area contributed by atoms with Crippen molar-refractivity contribution in [1.82, 2.24) is 9.97 Å². The van der Waals surface area contributed by atoms with E-state index in [0.717, 1.165) is 14.8 Å². The molecule has 1 aromatic carbocycles. The van der Waals surface area contributed by atoms with E-state index < -0.39 is 0 Å². The summed E-state index contributed by atoms with van der Waals surface area (Å²) in [7, 11) is 0. The molecule has 2 aromatic rings. The lowest BCUT2D eigenvalue weighted by Crippen LogP contribution is -2.03. The first-order valence-corrected chi connectivity index (χ1v) is 7.03. The van der Waals surface area contributed by atoms with Crippen LogP contribution in [-0.2, 0) is 11.3 Å². The summed E-state index contributed by atoms with van der Waals surface area (Å²) < 4.78 is 6.18. The second-order valence-corrected chi connectivity index (χ2v) is 5.03. The van der Waals surface area contributed by atoms with Gasteiger partial charge in [0.1, 0.15) is 11.8 Å². The summed E-state index contributed by atoms with van der Waals surface area (Å²) in [6.07, 6.45) is 0. The van der Waals surface area contributed by atoms with Crippen molar-refractivity contribution in [3.8, 4) is 11.3 Å². The highest BCUT2D eigenvalue weighted by Gasteiger charge is 2.12. The van der Waals surface area contributed by atoms with Crippen LogP contribution in [-0.4, -0.2) is 16.6 Å². The van der Waals surface area contributed by atoms with Crippen molar-refractivity contribution in [2.75, 3.05) is 6.61 Å². The van der Waals surface area contributed by atoms with Gasteiger partial charge in [-0.05, 0) is 29.5 Å². The maximum Gasteiger partial charge on any atom is 0.156 e. The normalized spacial score (nSPS) is 10.6. The maximum absolute atomic E-state index is 6.13. The number of nitrogens with zero attached hydrogens (tertiary/aromatic N) is 2. The van der Waals surface area contributed by atoms with E-state index in [2.05, 4.69) is 32.6 Å². The van der Waals surface area contributed by atoms with Crippen molar-refractivity contribution >= 4 is 34.2 Å². The third-order valence-corrected chi connectivity index (χ3v) is 3.95. The molecular formula is C13H12ClIN2O. The average molecular weight is 375 g/mol. The van der Waals surface area contributed by atoms with Gasteiger partial charge in [0.15, 0.2) is 5.82 Å². The van der Waals surface area contributed by atoms with E-state index in [4.69, 9.17) is 16.3 Å². The quantitative estimate of drug-likeness (QED) is 0.601. The van der Waals surface area contributed by atoms with Gasteiger partial charge < -0.3 is 4.74 Å². The van der Waals surface area contributed by atoms with Crippen LogP contribution in [0, 0.1) is 3.57 Å². The summed E-state index contributed by atoms with van der Waals surface area (Å²) in [5.74, 6) is 0.612. The molecule has 2 rings (SSSR count). The fraction of sp³-hybridized carbons (Fsp3) is 0.231. The standard InChI is InChI=1S/C13H12ClIN2O/c1-2-18-8-10-16-12(11(15)13(14)17-10)9-6-4-3-5-7-9/h3-7H,2,8H2,1H3. The zero-order valence-corrected chi connectivity index (χ0v) is 12.8. The summed E-state index contributed by atoms with van der Waals surface area (Å²) in [6.45, 7) is 2.95. The number of rotatable bonds is 4. The van der Waals surface area contributed by atoms with Gasteiger partial charge in [-0.2, -0.15) is 0 Å². The number of ether oxygens (including phenoxy) is 1. The van der Waals surface area contributed by atoms with Crippen LogP contribution >= 0.6 is 34.2 Å². The van der Waals surface area contributed by atoms with Crippen molar-refractivity contribution in [1.29, 1.82) is 0 Å². The highest BCUT2D eigenvalue weighted by Crippen LogP contribution is 2.27. The van der Waals surface area contributed by atoms with Gasteiger partial charge in [0.2, 0.25) is 0 Å². The summed E-state index contributed by atoms with van der Waals surface area (Å²) in [5, 5.41) is 0.471. The van der Waals surface area contributed by atoms with Gasteiger partial charge in [-0.1, -0.05) is 41.9 Å². The SMILES string of the molecule is CCOCc1nc(Cl)c(I)c(-c2ccccc2)n1. The monoisotopic (exact) mass is 374 g/mol. The molecule has 0 fully saturated rings. The molecular weight excluding hydrogens is 363 g/mol. The van der Waals surface area contributed by atoms with Gasteiger partial charge in [0, 0.05) is 12.2 Å². The van der Waals surface area contributed by atoms with E-state index in [1.165, 1.54) is 0 Å². The van der Waals surface area contributed by atoms with Gasteiger partial charge in [0.25, 0.3) is 0 Å². The second-order valence-electron chi connectivity index (χ2n) is 3.60. The Kier molecular flexibility index (Phi) is 4.91. The van der Waals surface area contributed by atoms with Crippen LogP contribution in [0.25, 0.3) is 11.3 Å². The fourth-order valence-electron chi connectivity index (χ4n) is 1.51. The van der Waals surface area contributed by atoms with Crippen molar-refractivity contribution < 1.29 is 4.74 Å². The Bertz CT molecular complexity index is 534. The van der Waals surface area contributed by atoms with Crippen LogP contribution in [0.1, 0.15) is 12.7 Å². The van der Waals surface area contributed by atoms with E-state index in [9.17, 15) is 0 Å². The lowest BCUT2D eigenvalue weighted by molar-refractivity contribution is 0.128. The van der Waals surface area contributed by atoms with Crippen LogP contribution in [0.2, 0.25) is 5.15 Å². The van der Waals surface area contributed by atoms with Crippen LogP contribution in [0.3, 0.4) is 0 Å². The molecule has 0 N–H and O–H groups in total. The van der Waals surface area contributed by atoms with E-state index in [0.29, 0.717) is 24.2 Å². The Balaban J connectivity index is 2.43. The molecule has 94 valence electrons. The average Bonchev–Trinajstić information content (AvgIpc) is 2.41. The number of aromatic nitrogens is 2. The molecule has 0 amide bonds. The van der Waals surface area contributed by atoms with E-state index in [-0.39, 0.29) is 0 Å². The predicted molar refractivity (Wildman–Crippen MR) is 80.5 cm³/mol.